The smallest absolute Gasteiger partial charge is 0.146 e. The van der Waals surface area contributed by atoms with E-state index < -0.39 is 0 Å². The Labute approximate surface area is 132 Å². The molecular weight excluding hydrogens is 328 g/mol. The Morgan fingerprint density at radius 2 is 1.76 bits per heavy atom. The number of carbonyl (C=O) groups is 1. The summed E-state index contributed by atoms with van der Waals surface area (Å²) in [7, 11) is 0. The largest absolute Gasteiger partial charge is 0.489 e. The molecule has 2 fully saturated rings. The second-order valence-corrected chi connectivity index (χ2v) is 7.17. The van der Waals surface area contributed by atoms with Crippen LogP contribution in [0.1, 0.15) is 32.1 Å². The van der Waals surface area contributed by atoms with E-state index in [-0.39, 0.29) is 11.5 Å². The topological polar surface area (TPSA) is 26.3 Å². The van der Waals surface area contributed by atoms with Crippen molar-refractivity contribution in [2.75, 3.05) is 0 Å². The standard InChI is InChI=1S/C18H17BrO2/c19-14-5-3-13-10-15(6-4-12(13)9-14)21-17-11-16(20)18(17)7-1-2-8-18/h3-6,9-10,17H,1-2,7-8,11H2. The maximum Gasteiger partial charge on any atom is 0.146 e. The maximum absolute atomic E-state index is 12.0. The molecule has 0 amide bonds. The van der Waals surface area contributed by atoms with E-state index in [0.29, 0.717) is 12.2 Å². The lowest BCUT2D eigenvalue weighted by Crippen LogP contribution is -2.55. The molecule has 2 aromatic rings. The summed E-state index contributed by atoms with van der Waals surface area (Å²) in [5, 5.41) is 2.36. The first-order valence-corrected chi connectivity index (χ1v) is 8.36. The predicted molar refractivity (Wildman–Crippen MR) is 86.6 cm³/mol. The van der Waals surface area contributed by atoms with Gasteiger partial charge in [0.25, 0.3) is 0 Å². The Balaban J connectivity index is 1.60. The average Bonchev–Trinajstić information content (AvgIpc) is 3.00. The molecule has 0 aromatic heterocycles. The summed E-state index contributed by atoms with van der Waals surface area (Å²) in [5.74, 6) is 1.29. The van der Waals surface area contributed by atoms with Crippen molar-refractivity contribution in [1.82, 2.24) is 0 Å². The molecule has 2 aliphatic rings. The molecule has 3 heteroatoms. The summed E-state index contributed by atoms with van der Waals surface area (Å²) < 4.78 is 7.25. The first kappa shape index (κ1) is 13.3. The normalized spacial score (nSPS) is 23.5. The van der Waals surface area contributed by atoms with Gasteiger partial charge < -0.3 is 4.74 Å². The molecular formula is C18H17BrO2. The minimum Gasteiger partial charge on any atom is -0.489 e. The number of benzene rings is 2. The van der Waals surface area contributed by atoms with E-state index in [2.05, 4.69) is 40.2 Å². The van der Waals surface area contributed by atoms with Crippen LogP contribution in [0.5, 0.6) is 5.75 Å². The number of fused-ring (bicyclic) bond motifs is 1. The number of rotatable bonds is 2. The quantitative estimate of drug-likeness (QED) is 0.775. The number of ketones is 1. The maximum atomic E-state index is 12.0. The lowest BCUT2D eigenvalue weighted by molar-refractivity contribution is -0.151. The highest BCUT2D eigenvalue weighted by atomic mass is 79.9. The Bertz CT molecular complexity index is 716. The second-order valence-electron chi connectivity index (χ2n) is 6.25. The van der Waals surface area contributed by atoms with Crippen molar-refractivity contribution in [3.63, 3.8) is 0 Å². The van der Waals surface area contributed by atoms with Gasteiger partial charge in [-0.2, -0.15) is 0 Å². The van der Waals surface area contributed by atoms with Crippen LogP contribution in [0, 0.1) is 5.41 Å². The molecule has 1 atom stereocenters. The van der Waals surface area contributed by atoms with Crippen molar-refractivity contribution in [2.45, 2.75) is 38.2 Å². The van der Waals surface area contributed by atoms with Crippen molar-refractivity contribution in [2.24, 2.45) is 5.41 Å². The van der Waals surface area contributed by atoms with Gasteiger partial charge in [-0.05, 0) is 47.9 Å². The highest BCUT2D eigenvalue weighted by Gasteiger charge is 2.57. The molecule has 21 heavy (non-hydrogen) atoms. The van der Waals surface area contributed by atoms with Crippen molar-refractivity contribution in [3.8, 4) is 5.75 Å². The van der Waals surface area contributed by atoms with Crippen LogP contribution < -0.4 is 4.74 Å². The molecule has 2 nitrogen and oxygen atoms in total. The Morgan fingerprint density at radius 3 is 2.52 bits per heavy atom. The molecule has 0 bridgehead atoms. The fraction of sp³-hybridized carbons (Fsp3) is 0.389. The van der Waals surface area contributed by atoms with Gasteiger partial charge in [0.15, 0.2) is 0 Å². The molecule has 0 heterocycles. The Morgan fingerprint density at radius 1 is 1.05 bits per heavy atom. The third-order valence-corrected chi connectivity index (χ3v) is 5.58. The van der Waals surface area contributed by atoms with Gasteiger partial charge >= 0.3 is 0 Å². The van der Waals surface area contributed by atoms with Gasteiger partial charge in [0.1, 0.15) is 17.6 Å². The predicted octanol–water partition coefficient (Wildman–Crippen LogP) is 4.88. The summed E-state index contributed by atoms with van der Waals surface area (Å²) in [6.45, 7) is 0. The molecule has 1 spiro atoms. The minimum atomic E-state index is -0.158. The molecule has 108 valence electrons. The van der Waals surface area contributed by atoms with Gasteiger partial charge in [-0.25, -0.2) is 0 Å². The fourth-order valence-electron chi connectivity index (χ4n) is 3.81. The van der Waals surface area contributed by atoms with Gasteiger partial charge in [-0.15, -0.1) is 0 Å². The van der Waals surface area contributed by atoms with Crippen LogP contribution in [-0.2, 0) is 4.79 Å². The van der Waals surface area contributed by atoms with Crippen LogP contribution in [0.25, 0.3) is 10.8 Å². The summed E-state index contributed by atoms with van der Waals surface area (Å²) in [6.07, 6.45) is 5.02. The summed E-state index contributed by atoms with van der Waals surface area (Å²) >= 11 is 3.49. The highest BCUT2D eigenvalue weighted by molar-refractivity contribution is 9.10. The van der Waals surface area contributed by atoms with E-state index in [1.165, 1.54) is 10.8 Å². The zero-order valence-corrected chi connectivity index (χ0v) is 13.4. The Hall–Kier alpha value is -1.35. The van der Waals surface area contributed by atoms with Crippen molar-refractivity contribution >= 4 is 32.5 Å². The van der Waals surface area contributed by atoms with E-state index in [9.17, 15) is 4.79 Å². The third-order valence-electron chi connectivity index (χ3n) is 5.09. The average molecular weight is 345 g/mol. The SMILES string of the molecule is O=C1CC(Oc2ccc3cc(Br)ccc3c2)C12CCCC2. The number of hydrogen-bond donors (Lipinski definition) is 0. The van der Waals surface area contributed by atoms with Gasteiger partial charge in [0.2, 0.25) is 0 Å². The van der Waals surface area contributed by atoms with E-state index in [1.807, 2.05) is 12.1 Å². The molecule has 0 N–H and O–H groups in total. The first-order chi connectivity index (χ1) is 10.2. The van der Waals surface area contributed by atoms with Gasteiger partial charge in [0.05, 0.1) is 5.41 Å². The number of Topliss-reactive ketones (excluding diaryl/α,β-unsaturated/α-hetero) is 1. The summed E-state index contributed by atoms with van der Waals surface area (Å²) in [5.41, 5.74) is -0.158. The van der Waals surface area contributed by atoms with Crippen LogP contribution in [0.15, 0.2) is 40.9 Å². The molecule has 0 aliphatic heterocycles. The van der Waals surface area contributed by atoms with Crippen LogP contribution in [0.3, 0.4) is 0 Å². The molecule has 2 aliphatic carbocycles. The summed E-state index contributed by atoms with van der Waals surface area (Å²) in [4.78, 5) is 12.0. The first-order valence-electron chi connectivity index (χ1n) is 7.57. The van der Waals surface area contributed by atoms with Crippen LogP contribution >= 0.6 is 15.9 Å². The number of ether oxygens (including phenoxy) is 1. The molecule has 1 unspecified atom stereocenters. The number of hydrogen-bond acceptors (Lipinski definition) is 2. The molecule has 2 aromatic carbocycles. The highest BCUT2D eigenvalue weighted by Crippen LogP contribution is 2.52. The van der Waals surface area contributed by atoms with Gasteiger partial charge in [0, 0.05) is 10.9 Å². The van der Waals surface area contributed by atoms with E-state index in [4.69, 9.17) is 4.74 Å². The zero-order valence-electron chi connectivity index (χ0n) is 11.8. The van der Waals surface area contributed by atoms with E-state index >= 15 is 0 Å². The van der Waals surface area contributed by atoms with Crippen molar-refractivity contribution in [3.05, 3.63) is 40.9 Å². The molecule has 2 saturated carbocycles. The van der Waals surface area contributed by atoms with Crippen LogP contribution in [0.2, 0.25) is 0 Å². The zero-order chi connectivity index (χ0) is 14.4. The lowest BCUT2D eigenvalue weighted by Gasteiger charge is -2.44. The van der Waals surface area contributed by atoms with Crippen LogP contribution in [-0.4, -0.2) is 11.9 Å². The van der Waals surface area contributed by atoms with E-state index in [1.54, 1.807) is 0 Å². The Kier molecular flexibility index (Phi) is 3.07. The second kappa shape index (κ2) is 4.84. The van der Waals surface area contributed by atoms with Crippen molar-refractivity contribution in [1.29, 1.82) is 0 Å². The fourth-order valence-corrected chi connectivity index (χ4v) is 4.19. The van der Waals surface area contributed by atoms with Gasteiger partial charge in [-0.3, -0.25) is 4.79 Å². The number of halogens is 1. The number of carbonyl (C=O) groups excluding carboxylic acids is 1. The molecule has 4 rings (SSSR count). The van der Waals surface area contributed by atoms with Gasteiger partial charge in [-0.1, -0.05) is 40.9 Å². The monoisotopic (exact) mass is 344 g/mol. The molecule has 0 radical (unpaired) electrons. The minimum absolute atomic E-state index is 0.0837. The third kappa shape index (κ3) is 2.10. The van der Waals surface area contributed by atoms with Crippen molar-refractivity contribution < 1.29 is 9.53 Å². The molecule has 0 saturated heterocycles. The van der Waals surface area contributed by atoms with Crippen LogP contribution in [0.4, 0.5) is 0 Å². The lowest BCUT2D eigenvalue weighted by atomic mass is 9.63. The van der Waals surface area contributed by atoms with E-state index in [0.717, 1.165) is 35.9 Å². The summed E-state index contributed by atoms with van der Waals surface area (Å²) in [6, 6.07) is 12.4.